The van der Waals surface area contributed by atoms with E-state index in [9.17, 15) is 0 Å². The van der Waals surface area contributed by atoms with Gasteiger partial charge in [0.25, 0.3) is 0 Å². The van der Waals surface area contributed by atoms with Gasteiger partial charge in [0.1, 0.15) is 0 Å². The molecule has 1 saturated heterocycles. The first-order chi connectivity index (χ1) is 10.9. The number of nitrogens with zero attached hydrogens (tertiary/aromatic N) is 4. The molecule has 23 heavy (non-hydrogen) atoms. The highest BCUT2D eigenvalue weighted by Gasteiger charge is 2.32. The van der Waals surface area contributed by atoms with Gasteiger partial charge in [0, 0.05) is 32.2 Å². The van der Waals surface area contributed by atoms with E-state index >= 15 is 0 Å². The summed E-state index contributed by atoms with van der Waals surface area (Å²) in [6, 6.07) is 0.480. The predicted octanol–water partition coefficient (Wildman–Crippen LogP) is 2.86. The van der Waals surface area contributed by atoms with Gasteiger partial charge < -0.3 is 15.1 Å². The molecule has 3 rings (SSSR count). The molecule has 2 heterocycles. The second kappa shape index (κ2) is 6.63. The zero-order valence-electron chi connectivity index (χ0n) is 15.0. The van der Waals surface area contributed by atoms with Gasteiger partial charge in [-0.15, -0.1) is 0 Å². The Labute approximate surface area is 140 Å². The van der Waals surface area contributed by atoms with E-state index in [1.165, 1.54) is 19.3 Å². The van der Waals surface area contributed by atoms with Crippen molar-refractivity contribution in [3.8, 4) is 0 Å². The normalized spacial score (nSPS) is 28.6. The highest BCUT2D eigenvalue weighted by molar-refractivity contribution is 5.45. The van der Waals surface area contributed by atoms with Gasteiger partial charge in [-0.05, 0) is 37.6 Å². The number of rotatable bonds is 3. The molecule has 0 aromatic carbocycles. The van der Waals surface area contributed by atoms with Crippen LogP contribution in [0.2, 0.25) is 0 Å². The maximum Gasteiger partial charge on any atom is 0.222 e. The average Bonchev–Trinajstić information content (AvgIpc) is 2.52. The molecule has 128 valence electrons. The van der Waals surface area contributed by atoms with Crippen molar-refractivity contribution in [2.24, 2.45) is 11.3 Å². The molecule has 1 N–H and O–H groups in total. The second-order valence-electron chi connectivity index (χ2n) is 8.19. The predicted molar refractivity (Wildman–Crippen MR) is 95.9 cm³/mol. The maximum absolute atomic E-state index is 4.57. The first-order valence-electron chi connectivity index (χ1n) is 8.95. The minimum Gasteiger partial charge on any atom is -0.366 e. The third-order valence-corrected chi connectivity index (χ3v) is 5.56. The van der Waals surface area contributed by atoms with Crippen molar-refractivity contribution < 1.29 is 0 Å². The van der Waals surface area contributed by atoms with Gasteiger partial charge in [-0.25, -0.2) is 9.97 Å². The van der Waals surface area contributed by atoms with E-state index in [2.05, 4.69) is 52.9 Å². The molecule has 0 spiro atoms. The van der Waals surface area contributed by atoms with Crippen LogP contribution in [0.3, 0.4) is 0 Å². The van der Waals surface area contributed by atoms with Crippen molar-refractivity contribution >= 4 is 11.6 Å². The number of anilines is 2. The van der Waals surface area contributed by atoms with Crippen LogP contribution in [-0.4, -0.2) is 54.1 Å². The Hall–Kier alpha value is -1.36. The standard InChI is InChI=1S/C18H31N5/c1-14-5-6-18(2,3)11-16(14)21-17-19-12-15(13-20-17)23-9-7-22(4)8-10-23/h12-14,16H,5-11H2,1-4H3,(H,19,20,21)/t14-,16?/m1/s1. The van der Waals surface area contributed by atoms with Crippen LogP contribution in [0.15, 0.2) is 12.4 Å². The fraction of sp³-hybridized carbons (Fsp3) is 0.778. The largest absolute Gasteiger partial charge is 0.366 e. The summed E-state index contributed by atoms with van der Waals surface area (Å²) in [5.74, 6) is 1.46. The number of piperazine rings is 1. The molecular weight excluding hydrogens is 286 g/mol. The van der Waals surface area contributed by atoms with Crippen LogP contribution in [0.5, 0.6) is 0 Å². The van der Waals surface area contributed by atoms with E-state index in [-0.39, 0.29) is 0 Å². The molecule has 0 bridgehead atoms. The molecule has 5 heteroatoms. The summed E-state index contributed by atoms with van der Waals surface area (Å²) in [6.07, 6.45) is 7.73. The van der Waals surface area contributed by atoms with E-state index in [0.717, 1.165) is 37.8 Å². The number of likely N-dealkylation sites (N-methyl/N-ethyl adjacent to an activating group) is 1. The van der Waals surface area contributed by atoms with Crippen LogP contribution in [-0.2, 0) is 0 Å². The molecule has 2 fully saturated rings. The minimum atomic E-state index is 0.421. The molecule has 2 aliphatic rings. The van der Waals surface area contributed by atoms with Crippen LogP contribution in [0.25, 0.3) is 0 Å². The second-order valence-corrected chi connectivity index (χ2v) is 8.19. The summed E-state index contributed by atoms with van der Waals surface area (Å²) in [6.45, 7) is 11.4. The average molecular weight is 317 g/mol. The maximum atomic E-state index is 4.57. The third kappa shape index (κ3) is 4.14. The van der Waals surface area contributed by atoms with Crippen LogP contribution >= 0.6 is 0 Å². The van der Waals surface area contributed by atoms with Gasteiger partial charge in [0.05, 0.1) is 18.1 Å². The lowest BCUT2D eigenvalue weighted by molar-refractivity contribution is 0.183. The molecule has 1 unspecified atom stereocenters. The third-order valence-electron chi connectivity index (χ3n) is 5.56. The zero-order valence-corrected chi connectivity index (χ0v) is 15.0. The molecule has 1 aromatic rings. The van der Waals surface area contributed by atoms with Crippen LogP contribution < -0.4 is 10.2 Å². The van der Waals surface area contributed by atoms with Gasteiger partial charge >= 0.3 is 0 Å². The highest BCUT2D eigenvalue weighted by Crippen LogP contribution is 2.38. The molecule has 1 aromatic heterocycles. The fourth-order valence-electron chi connectivity index (χ4n) is 3.70. The highest BCUT2D eigenvalue weighted by atomic mass is 15.3. The van der Waals surface area contributed by atoms with Crippen LogP contribution in [0.1, 0.15) is 40.0 Å². The summed E-state index contributed by atoms with van der Waals surface area (Å²) in [4.78, 5) is 13.9. The van der Waals surface area contributed by atoms with E-state index in [1.807, 2.05) is 12.4 Å². The van der Waals surface area contributed by atoms with Crippen LogP contribution in [0.4, 0.5) is 11.6 Å². The van der Waals surface area contributed by atoms with Gasteiger partial charge in [-0.2, -0.15) is 0 Å². The van der Waals surface area contributed by atoms with Crippen molar-refractivity contribution in [2.75, 3.05) is 43.4 Å². The minimum absolute atomic E-state index is 0.421. The van der Waals surface area contributed by atoms with Gasteiger partial charge in [0.15, 0.2) is 0 Å². The number of hydrogen-bond acceptors (Lipinski definition) is 5. The molecule has 1 aliphatic heterocycles. The zero-order chi connectivity index (χ0) is 16.4. The van der Waals surface area contributed by atoms with Gasteiger partial charge in [-0.3, -0.25) is 0 Å². The number of nitrogens with one attached hydrogen (secondary N) is 1. The topological polar surface area (TPSA) is 44.3 Å². The van der Waals surface area contributed by atoms with E-state index in [1.54, 1.807) is 0 Å². The van der Waals surface area contributed by atoms with Gasteiger partial charge in [0.2, 0.25) is 5.95 Å². The lowest BCUT2D eigenvalue weighted by Gasteiger charge is -2.39. The summed E-state index contributed by atoms with van der Waals surface area (Å²) in [5, 5.41) is 3.57. The Morgan fingerprint density at radius 1 is 1.13 bits per heavy atom. The quantitative estimate of drug-likeness (QED) is 0.929. The van der Waals surface area contributed by atoms with Crippen molar-refractivity contribution in [1.82, 2.24) is 14.9 Å². The van der Waals surface area contributed by atoms with Crippen LogP contribution in [0, 0.1) is 11.3 Å². The number of hydrogen-bond donors (Lipinski definition) is 1. The smallest absolute Gasteiger partial charge is 0.222 e. The first kappa shape index (κ1) is 16.5. The Balaban J connectivity index is 1.61. The monoisotopic (exact) mass is 317 g/mol. The molecule has 2 atom stereocenters. The van der Waals surface area contributed by atoms with Crippen molar-refractivity contribution in [3.63, 3.8) is 0 Å². The lowest BCUT2D eigenvalue weighted by atomic mass is 9.71. The SMILES string of the molecule is C[C@@H]1CCC(C)(C)CC1Nc1ncc(N2CCN(C)CC2)cn1. The molecule has 0 amide bonds. The van der Waals surface area contributed by atoms with E-state index < -0.39 is 0 Å². The Bertz CT molecular complexity index is 505. The van der Waals surface area contributed by atoms with Gasteiger partial charge in [-0.1, -0.05) is 20.8 Å². The molecule has 0 radical (unpaired) electrons. The Morgan fingerprint density at radius 3 is 2.43 bits per heavy atom. The Kier molecular flexibility index (Phi) is 4.76. The van der Waals surface area contributed by atoms with Crippen molar-refractivity contribution in [2.45, 2.75) is 46.1 Å². The summed E-state index contributed by atoms with van der Waals surface area (Å²) < 4.78 is 0. The summed E-state index contributed by atoms with van der Waals surface area (Å²) >= 11 is 0. The first-order valence-corrected chi connectivity index (χ1v) is 8.95. The lowest BCUT2D eigenvalue weighted by Crippen LogP contribution is -2.44. The van der Waals surface area contributed by atoms with Crippen molar-refractivity contribution in [1.29, 1.82) is 0 Å². The Morgan fingerprint density at radius 2 is 1.78 bits per heavy atom. The summed E-state index contributed by atoms with van der Waals surface area (Å²) in [7, 11) is 2.17. The number of aromatic nitrogens is 2. The molecule has 1 saturated carbocycles. The fourth-order valence-corrected chi connectivity index (χ4v) is 3.70. The molecular formula is C18H31N5. The van der Waals surface area contributed by atoms with E-state index in [0.29, 0.717) is 17.4 Å². The summed E-state index contributed by atoms with van der Waals surface area (Å²) in [5.41, 5.74) is 1.56. The van der Waals surface area contributed by atoms with E-state index in [4.69, 9.17) is 0 Å². The molecule has 5 nitrogen and oxygen atoms in total. The van der Waals surface area contributed by atoms with Crippen molar-refractivity contribution in [3.05, 3.63) is 12.4 Å². The molecule has 1 aliphatic carbocycles.